The maximum Gasteiger partial charge on any atom is 0.263 e. The van der Waals surface area contributed by atoms with Gasteiger partial charge in [0.05, 0.1) is 12.2 Å². The minimum Gasteiger partial charge on any atom is -0.481 e. The van der Waals surface area contributed by atoms with Crippen molar-refractivity contribution in [2.45, 2.75) is 24.8 Å². The molecule has 0 spiro atoms. The number of nitrogens with zero attached hydrogens (tertiary/aromatic N) is 1. The lowest BCUT2D eigenvalue weighted by Gasteiger charge is -2.22. The van der Waals surface area contributed by atoms with E-state index in [0.29, 0.717) is 5.75 Å². The highest BCUT2D eigenvalue weighted by Gasteiger charge is 2.21. The average molecular weight is 372 g/mol. The fourth-order valence-electron chi connectivity index (χ4n) is 2.41. The number of likely N-dealkylation sites (N-methyl/N-ethyl adjacent to an activating group) is 1. The first kappa shape index (κ1) is 19.8. The first-order valence-electron chi connectivity index (χ1n) is 8.32. The summed E-state index contributed by atoms with van der Waals surface area (Å²) < 4.78 is 5.66. The van der Waals surface area contributed by atoms with Crippen molar-refractivity contribution in [1.82, 2.24) is 4.90 Å². The summed E-state index contributed by atoms with van der Waals surface area (Å²) in [6, 6.07) is 15.1. The number of hydrogen-bond donors (Lipinski definition) is 1. The lowest BCUT2D eigenvalue weighted by molar-refractivity contribution is -0.139. The second kappa shape index (κ2) is 9.29. The molecule has 2 rings (SSSR count). The molecule has 138 valence electrons. The van der Waals surface area contributed by atoms with Crippen LogP contribution in [0, 0.1) is 6.92 Å². The fraction of sp³-hybridized carbons (Fsp3) is 0.300. The summed E-state index contributed by atoms with van der Waals surface area (Å²) in [6.07, 6.45) is 1.28. The van der Waals surface area contributed by atoms with E-state index in [1.807, 2.05) is 61.7 Å². The Morgan fingerprint density at radius 3 is 2.46 bits per heavy atom. The number of carbonyl (C=O) groups excluding carboxylic acids is 2. The van der Waals surface area contributed by atoms with Gasteiger partial charge in [0.15, 0.2) is 6.10 Å². The number of benzene rings is 2. The first-order valence-corrected chi connectivity index (χ1v) is 9.54. The zero-order valence-corrected chi connectivity index (χ0v) is 16.3. The summed E-state index contributed by atoms with van der Waals surface area (Å²) in [5, 5.41) is 2.85. The first-order chi connectivity index (χ1) is 12.4. The SMILES string of the molecule is CSc1ccccc1NC(=O)CN(C)C(=O)[C@@H](C)Oc1ccc(C)cc1. The monoisotopic (exact) mass is 372 g/mol. The molecule has 5 nitrogen and oxygen atoms in total. The minimum absolute atomic E-state index is 0.0385. The molecular formula is C20H24N2O3S. The van der Waals surface area contributed by atoms with Crippen LogP contribution in [0.5, 0.6) is 5.75 Å². The number of ether oxygens (including phenoxy) is 1. The lowest BCUT2D eigenvalue weighted by Crippen LogP contribution is -2.42. The number of anilines is 1. The summed E-state index contributed by atoms with van der Waals surface area (Å²) in [7, 11) is 1.59. The molecule has 2 aromatic rings. The molecule has 0 aromatic heterocycles. The number of carbonyl (C=O) groups is 2. The predicted molar refractivity (Wildman–Crippen MR) is 106 cm³/mol. The van der Waals surface area contributed by atoms with E-state index >= 15 is 0 Å². The Morgan fingerprint density at radius 2 is 1.81 bits per heavy atom. The van der Waals surface area contributed by atoms with E-state index in [1.54, 1.807) is 25.7 Å². The second-order valence-corrected chi connectivity index (χ2v) is 6.86. The molecule has 0 saturated heterocycles. The number of amides is 2. The van der Waals surface area contributed by atoms with Gasteiger partial charge >= 0.3 is 0 Å². The number of aryl methyl sites for hydroxylation is 1. The van der Waals surface area contributed by atoms with E-state index in [-0.39, 0.29) is 18.4 Å². The van der Waals surface area contributed by atoms with Gasteiger partial charge in [0.2, 0.25) is 5.91 Å². The molecule has 2 aromatic carbocycles. The normalized spacial score (nSPS) is 11.5. The van der Waals surface area contributed by atoms with Crippen LogP contribution in [0.25, 0.3) is 0 Å². The lowest BCUT2D eigenvalue weighted by atomic mass is 10.2. The third-order valence-corrected chi connectivity index (χ3v) is 4.62. The summed E-state index contributed by atoms with van der Waals surface area (Å²) in [5.41, 5.74) is 1.87. The van der Waals surface area contributed by atoms with Crippen molar-refractivity contribution >= 4 is 29.3 Å². The maximum absolute atomic E-state index is 12.4. The molecule has 26 heavy (non-hydrogen) atoms. The van der Waals surface area contributed by atoms with Crippen molar-refractivity contribution in [3.63, 3.8) is 0 Å². The average Bonchev–Trinajstić information content (AvgIpc) is 2.63. The summed E-state index contributed by atoms with van der Waals surface area (Å²) in [4.78, 5) is 27.0. The van der Waals surface area contributed by atoms with Crippen LogP contribution in [0.4, 0.5) is 5.69 Å². The molecule has 0 bridgehead atoms. The topological polar surface area (TPSA) is 58.6 Å². The van der Waals surface area contributed by atoms with Gasteiger partial charge in [-0.2, -0.15) is 0 Å². The highest BCUT2D eigenvalue weighted by atomic mass is 32.2. The van der Waals surface area contributed by atoms with Gasteiger partial charge in [0.1, 0.15) is 5.75 Å². The molecule has 0 heterocycles. The molecule has 2 amide bonds. The number of para-hydroxylation sites is 1. The van der Waals surface area contributed by atoms with Crippen LogP contribution in [0.15, 0.2) is 53.4 Å². The Kier molecular flexibility index (Phi) is 7.09. The molecule has 1 atom stereocenters. The molecule has 0 aliphatic rings. The van der Waals surface area contributed by atoms with E-state index < -0.39 is 6.10 Å². The summed E-state index contributed by atoms with van der Waals surface area (Å²) >= 11 is 1.55. The van der Waals surface area contributed by atoms with Crippen molar-refractivity contribution in [1.29, 1.82) is 0 Å². The minimum atomic E-state index is -0.672. The Bertz CT molecular complexity index is 762. The number of thioether (sulfide) groups is 1. The van der Waals surface area contributed by atoms with E-state index in [2.05, 4.69) is 5.32 Å². The standard InChI is InChI=1S/C20H24N2O3S/c1-14-9-11-16(12-10-14)25-15(2)20(24)22(3)13-19(23)21-17-7-5-6-8-18(17)26-4/h5-12,15H,13H2,1-4H3,(H,21,23)/t15-/m1/s1. The van der Waals surface area contributed by atoms with Gasteiger partial charge in [-0.15, -0.1) is 11.8 Å². The molecule has 1 N–H and O–H groups in total. The fourth-order valence-corrected chi connectivity index (χ4v) is 2.97. The van der Waals surface area contributed by atoms with Crippen molar-refractivity contribution in [2.24, 2.45) is 0 Å². The third-order valence-electron chi connectivity index (χ3n) is 3.82. The number of hydrogen-bond acceptors (Lipinski definition) is 4. The summed E-state index contributed by atoms with van der Waals surface area (Å²) in [6.45, 7) is 3.63. The molecule has 0 unspecified atom stereocenters. The van der Waals surface area contributed by atoms with Crippen LogP contribution in [0.2, 0.25) is 0 Å². The van der Waals surface area contributed by atoms with Crippen LogP contribution in [0.1, 0.15) is 12.5 Å². The summed E-state index contributed by atoms with van der Waals surface area (Å²) in [5.74, 6) is 0.131. The van der Waals surface area contributed by atoms with Crippen molar-refractivity contribution in [3.05, 3.63) is 54.1 Å². The van der Waals surface area contributed by atoms with Crippen LogP contribution < -0.4 is 10.1 Å². The molecule has 0 radical (unpaired) electrons. The van der Waals surface area contributed by atoms with Crippen LogP contribution in [-0.4, -0.2) is 42.7 Å². The smallest absolute Gasteiger partial charge is 0.263 e. The zero-order chi connectivity index (χ0) is 19.1. The highest BCUT2D eigenvalue weighted by molar-refractivity contribution is 7.98. The van der Waals surface area contributed by atoms with E-state index in [4.69, 9.17) is 4.74 Å². The van der Waals surface area contributed by atoms with Gasteiger partial charge in [0.25, 0.3) is 5.91 Å². The van der Waals surface area contributed by atoms with Crippen molar-refractivity contribution in [2.75, 3.05) is 25.2 Å². The Morgan fingerprint density at radius 1 is 1.15 bits per heavy atom. The van der Waals surface area contributed by atoms with Crippen molar-refractivity contribution in [3.8, 4) is 5.75 Å². The second-order valence-electron chi connectivity index (χ2n) is 6.02. The Hall–Kier alpha value is -2.47. The highest BCUT2D eigenvalue weighted by Crippen LogP contribution is 2.24. The number of rotatable bonds is 7. The molecule has 0 aliphatic heterocycles. The maximum atomic E-state index is 12.4. The zero-order valence-electron chi connectivity index (χ0n) is 15.5. The van der Waals surface area contributed by atoms with Crippen LogP contribution >= 0.6 is 11.8 Å². The molecule has 0 fully saturated rings. The Labute approximate surface area is 158 Å². The van der Waals surface area contributed by atoms with E-state index in [0.717, 1.165) is 16.1 Å². The largest absolute Gasteiger partial charge is 0.481 e. The van der Waals surface area contributed by atoms with Gasteiger partial charge in [-0.3, -0.25) is 9.59 Å². The van der Waals surface area contributed by atoms with Gasteiger partial charge in [-0.25, -0.2) is 0 Å². The predicted octanol–water partition coefficient (Wildman–Crippen LogP) is 3.58. The van der Waals surface area contributed by atoms with Crippen LogP contribution in [-0.2, 0) is 9.59 Å². The van der Waals surface area contributed by atoms with Gasteiger partial charge in [-0.1, -0.05) is 29.8 Å². The molecule has 6 heteroatoms. The Balaban J connectivity index is 1.90. The van der Waals surface area contributed by atoms with Crippen molar-refractivity contribution < 1.29 is 14.3 Å². The molecular weight excluding hydrogens is 348 g/mol. The third kappa shape index (κ3) is 5.52. The molecule has 0 aliphatic carbocycles. The van der Waals surface area contributed by atoms with Crippen LogP contribution in [0.3, 0.4) is 0 Å². The van der Waals surface area contributed by atoms with E-state index in [9.17, 15) is 9.59 Å². The van der Waals surface area contributed by atoms with Gasteiger partial charge in [0, 0.05) is 11.9 Å². The molecule has 0 saturated carbocycles. The van der Waals surface area contributed by atoms with Gasteiger partial charge < -0.3 is 15.0 Å². The van der Waals surface area contributed by atoms with Gasteiger partial charge in [-0.05, 0) is 44.4 Å². The number of nitrogens with one attached hydrogen (secondary N) is 1. The van der Waals surface area contributed by atoms with E-state index in [1.165, 1.54) is 4.90 Å². The quantitative estimate of drug-likeness (QED) is 0.755.